The molecule has 0 spiro atoms. The average Bonchev–Trinajstić information content (AvgIpc) is 2.52. The van der Waals surface area contributed by atoms with Crippen molar-refractivity contribution in [1.82, 2.24) is 10.2 Å². The molecule has 0 aliphatic carbocycles. The summed E-state index contributed by atoms with van der Waals surface area (Å²) in [6.07, 6.45) is 0. The first-order chi connectivity index (χ1) is 9.83. The molecule has 1 aromatic carbocycles. The Morgan fingerprint density at radius 2 is 2.20 bits per heavy atom. The van der Waals surface area contributed by atoms with Crippen LogP contribution in [0.5, 0.6) is 5.75 Å². The Kier molecular flexibility index (Phi) is 6.19. The third-order valence-corrected chi connectivity index (χ3v) is 4.36. The van der Waals surface area contributed by atoms with Crippen LogP contribution in [-0.4, -0.2) is 49.7 Å². The van der Waals surface area contributed by atoms with Gasteiger partial charge in [-0.05, 0) is 17.7 Å². The lowest BCUT2D eigenvalue weighted by Crippen LogP contribution is -2.37. The summed E-state index contributed by atoms with van der Waals surface area (Å²) in [6, 6.07) is 7.92. The van der Waals surface area contributed by atoms with E-state index in [2.05, 4.69) is 16.3 Å². The summed E-state index contributed by atoms with van der Waals surface area (Å²) < 4.78 is 5.14. The summed E-state index contributed by atoms with van der Waals surface area (Å²) in [5.74, 6) is 3.15. The second-order valence-electron chi connectivity index (χ2n) is 4.78. The maximum absolute atomic E-state index is 9.06. The molecule has 0 atom stereocenters. The van der Waals surface area contributed by atoms with E-state index in [9.17, 15) is 0 Å². The lowest BCUT2D eigenvalue weighted by molar-refractivity contribution is 0.301. The van der Waals surface area contributed by atoms with Gasteiger partial charge in [-0.25, -0.2) is 0 Å². The molecule has 0 bridgehead atoms. The fraction of sp³-hybridized carbons (Fsp3) is 0.533. The van der Waals surface area contributed by atoms with Gasteiger partial charge in [0, 0.05) is 44.2 Å². The van der Waals surface area contributed by atoms with Crippen LogP contribution in [0, 0.1) is 11.3 Å². The van der Waals surface area contributed by atoms with Crippen LogP contribution in [0.15, 0.2) is 18.2 Å². The van der Waals surface area contributed by atoms with Crippen molar-refractivity contribution < 1.29 is 4.74 Å². The fourth-order valence-electron chi connectivity index (χ4n) is 2.25. The highest BCUT2D eigenvalue weighted by molar-refractivity contribution is 7.99. The molecule has 5 heteroatoms. The largest absolute Gasteiger partial charge is 0.495 e. The number of nitrogens with zero attached hydrogens (tertiary/aromatic N) is 2. The Labute approximate surface area is 125 Å². The van der Waals surface area contributed by atoms with Crippen LogP contribution in [0.4, 0.5) is 0 Å². The first-order valence-electron chi connectivity index (χ1n) is 6.91. The van der Waals surface area contributed by atoms with Crippen molar-refractivity contribution in [3.63, 3.8) is 0 Å². The normalized spacial score (nSPS) is 15.8. The summed E-state index contributed by atoms with van der Waals surface area (Å²) in [5, 5.41) is 12.5. The van der Waals surface area contributed by atoms with E-state index < -0.39 is 0 Å². The number of thioether (sulfide) groups is 1. The zero-order valence-electron chi connectivity index (χ0n) is 11.9. The van der Waals surface area contributed by atoms with Gasteiger partial charge in [0.2, 0.25) is 0 Å². The van der Waals surface area contributed by atoms with Gasteiger partial charge < -0.3 is 15.0 Å². The molecule has 2 rings (SSSR count). The van der Waals surface area contributed by atoms with Gasteiger partial charge in [-0.2, -0.15) is 17.0 Å². The highest BCUT2D eigenvalue weighted by atomic mass is 32.2. The quantitative estimate of drug-likeness (QED) is 0.809. The minimum atomic E-state index is 0.597. The third kappa shape index (κ3) is 4.41. The molecular weight excluding hydrogens is 270 g/mol. The molecule has 0 unspecified atom stereocenters. The Morgan fingerprint density at radius 1 is 1.40 bits per heavy atom. The van der Waals surface area contributed by atoms with Crippen LogP contribution < -0.4 is 10.1 Å². The van der Waals surface area contributed by atoms with Crippen molar-refractivity contribution in [2.75, 3.05) is 44.8 Å². The molecule has 1 N–H and O–H groups in total. The van der Waals surface area contributed by atoms with Crippen molar-refractivity contribution in [2.45, 2.75) is 6.54 Å². The summed E-state index contributed by atoms with van der Waals surface area (Å²) in [6.45, 7) is 5.28. The first-order valence-corrected chi connectivity index (χ1v) is 8.07. The molecule has 1 fully saturated rings. The minimum Gasteiger partial charge on any atom is -0.495 e. The predicted molar refractivity (Wildman–Crippen MR) is 83.2 cm³/mol. The van der Waals surface area contributed by atoms with Crippen molar-refractivity contribution in [3.8, 4) is 11.8 Å². The van der Waals surface area contributed by atoms with Crippen LogP contribution in [0.1, 0.15) is 11.1 Å². The standard InChI is InChI=1S/C15H21N3OS/c1-19-15-3-2-13(10-14(15)11-16)12-17-4-5-18-6-8-20-9-7-18/h2-3,10,17H,4-9,12H2,1H3. The van der Waals surface area contributed by atoms with Gasteiger partial charge in [0.05, 0.1) is 12.7 Å². The topological polar surface area (TPSA) is 48.3 Å². The summed E-state index contributed by atoms with van der Waals surface area (Å²) >= 11 is 2.04. The van der Waals surface area contributed by atoms with E-state index in [-0.39, 0.29) is 0 Å². The number of rotatable bonds is 6. The van der Waals surface area contributed by atoms with Gasteiger partial charge in [0.25, 0.3) is 0 Å². The molecule has 1 saturated heterocycles. The van der Waals surface area contributed by atoms with Crippen LogP contribution in [0.25, 0.3) is 0 Å². The molecule has 0 aromatic heterocycles. The maximum atomic E-state index is 9.06. The Bertz CT molecular complexity index is 467. The second-order valence-corrected chi connectivity index (χ2v) is 6.00. The number of nitrogens with one attached hydrogen (secondary N) is 1. The number of benzene rings is 1. The fourth-order valence-corrected chi connectivity index (χ4v) is 3.23. The maximum Gasteiger partial charge on any atom is 0.136 e. The van der Waals surface area contributed by atoms with E-state index in [4.69, 9.17) is 10.00 Å². The molecule has 1 aliphatic heterocycles. The predicted octanol–water partition coefficient (Wildman–Crippen LogP) is 1.71. The summed E-state index contributed by atoms with van der Waals surface area (Å²) in [5.41, 5.74) is 1.72. The van der Waals surface area contributed by atoms with E-state index in [0.29, 0.717) is 11.3 Å². The molecule has 1 aliphatic rings. The molecule has 1 heterocycles. The first kappa shape index (κ1) is 15.2. The molecular formula is C15H21N3OS. The van der Waals surface area contributed by atoms with Crippen LogP contribution in [0.3, 0.4) is 0 Å². The van der Waals surface area contributed by atoms with Crippen LogP contribution >= 0.6 is 11.8 Å². The van der Waals surface area contributed by atoms with E-state index >= 15 is 0 Å². The van der Waals surface area contributed by atoms with Gasteiger partial charge in [-0.15, -0.1) is 0 Å². The van der Waals surface area contributed by atoms with E-state index in [1.807, 2.05) is 30.0 Å². The summed E-state index contributed by atoms with van der Waals surface area (Å²) in [7, 11) is 1.59. The van der Waals surface area contributed by atoms with E-state index in [1.165, 1.54) is 24.6 Å². The van der Waals surface area contributed by atoms with Crippen molar-refractivity contribution in [3.05, 3.63) is 29.3 Å². The Morgan fingerprint density at radius 3 is 2.90 bits per heavy atom. The van der Waals surface area contributed by atoms with Crippen molar-refractivity contribution in [1.29, 1.82) is 5.26 Å². The monoisotopic (exact) mass is 291 g/mol. The van der Waals surface area contributed by atoms with Crippen molar-refractivity contribution >= 4 is 11.8 Å². The molecule has 20 heavy (non-hydrogen) atoms. The van der Waals surface area contributed by atoms with Gasteiger partial charge >= 0.3 is 0 Å². The van der Waals surface area contributed by atoms with E-state index in [1.54, 1.807) is 7.11 Å². The lowest BCUT2D eigenvalue weighted by Gasteiger charge is -2.26. The number of hydrogen-bond donors (Lipinski definition) is 1. The number of ether oxygens (including phenoxy) is 1. The molecule has 0 saturated carbocycles. The molecule has 0 amide bonds. The van der Waals surface area contributed by atoms with Crippen molar-refractivity contribution in [2.24, 2.45) is 0 Å². The SMILES string of the molecule is COc1ccc(CNCCN2CCSCC2)cc1C#N. The van der Waals surface area contributed by atoms with Crippen LogP contribution in [-0.2, 0) is 6.54 Å². The van der Waals surface area contributed by atoms with Gasteiger partial charge in [-0.1, -0.05) is 6.07 Å². The second kappa shape index (κ2) is 8.15. The highest BCUT2D eigenvalue weighted by Gasteiger charge is 2.09. The molecule has 1 aromatic rings. The average molecular weight is 291 g/mol. The molecule has 108 valence electrons. The highest BCUT2D eigenvalue weighted by Crippen LogP contribution is 2.18. The Balaban J connectivity index is 1.75. The van der Waals surface area contributed by atoms with Gasteiger partial charge in [0.1, 0.15) is 11.8 Å². The zero-order chi connectivity index (χ0) is 14.2. The zero-order valence-corrected chi connectivity index (χ0v) is 12.7. The van der Waals surface area contributed by atoms with Gasteiger partial charge in [0.15, 0.2) is 0 Å². The van der Waals surface area contributed by atoms with Gasteiger partial charge in [-0.3, -0.25) is 0 Å². The Hall–Kier alpha value is -1.22. The number of nitriles is 1. The minimum absolute atomic E-state index is 0.597. The number of hydrogen-bond acceptors (Lipinski definition) is 5. The molecule has 0 radical (unpaired) electrons. The molecule has 4 nitrogen and oxygen atoms in total. The van der Waals surface area contributed by atoms with Crippen LogP contribution in [0.2, 0.25) is 0 Å². The smallest absolute Gasteiger partial charge is 0.136 e. The lowest BCUT2D eigenvalue weighted by atomic mass is 10.1. The number of methoxy groups -OCH3 is 1. The summed E-state index contributed by atoms with van der Waals surface area (Å²) in [4.78, 5) is 2.50. The van der Waals surface area contributed by atoms with E-state index in [0.717, 1.165) is 25.2 Å². The third-order valence-electron chi connectivity index (χ3n) is 3.42.